The van der Waals surface area contributed by atoms with Crippen molar-refractivity contribution in [2.75, 3.05) is 18.0 Å². The minimum absolute atomic E-state index is 0.105. The van der Waals surface area contributed by atoms with E-state index in [0.717, 1.165) is 37.2 Å². The highest BCUT2D eigenvalue weighted by Gasteiger charge is 2.23. The van der Waals surface area contributed by atoms with Gasteiger partial charge in [0.1, 0.15) is 5.69 Å². The van der Waals surface area contributed by atoms with E-state index in [1.807, 2.05) is 60.7 Å². The average molecular weight is 385 g/mol. The molecule has 0 atom stereocenters. The molecule has 0 spiro atoms. The van der Waals surface area contributed by atoms with Crippen molar-refractivity contribution in [2.24, 2.45) is 0 Å². The molecule has 146 valence electrons. The fourth-order valence-corrected chi connectivity index (χ4v) is 3.57. The molecule has 0 aliphatic carbocycles. The molecule has 1 saturated heterocycles. The van der Waals surface area contributed by atoms with E-state index in [9.17, 15) is 9.59 Å². The smallest absolute Gasteiger partial charge is 0.272 e. The van der Waals surface area contributed by atoms with Gasteiger partial charge in [-0.05, 0) is 42.7 Å². The first kappa shape index (κ1) is 18.9. The topological polar surface area (TPSA) is 53.5 Å². The number of para-hydroxylation sites is 1. The Morgan fingerprint density at radius 2 is 1.55 bits per heavy atom. The van der Waals surface area contributed by atoms with E-state index >= 15 is 0 Å². The predicted molar refractivity (Wildman–Crippen MR) is 113 cm³/mol. The van der Waals surface area contributed by atoms with Gasteiger partial charge in [0, 0.05) is 30.5 Å². The van der Waals surface area contributed by atoms with E-state index in [1.165, 1.54) is 0 Å². The minimum atomic E-state index is -0.155. The summed E-state index contributed by atoms with van der Waals surface area (Å²) in [4.78, 5) is 33.9. The number of nitrogens with zero attached hydrogens (tertiary/aromatic N) is 3. The molecule has 1 aliphatic heterocycles. The molecule has 1 aliphatic rings. The average Bonchev–Trinajstić information content (AvgIpc) is 3.33. The first-order chi connectivity index (χ1) is 14.2. The molecule has 5 heteroatoms. The second-order valence-electron chi connectivity index (χ2n) is 7.14. The van der Waals surface area contributed by atoms with E-state index < -0.39 is 0 Å². The third kappa shape index (κ3) is 4.35. The molecule has 0 saturated carbocycles. The summed E-state index contributed by atoms with van der Waals surface area (Å²) in [7, 11) is 0. The van der Waals surface area contributed by atoms with Gasteiger partial charge in [-0.1, -0.05) is 48.5 Å². The van der Waals surface area contributed by atoms with Crippen LogP contribution in [0.3, 0.4) is 0 Å². The summed E-state index contributed by atoms with van der Waals surface area (Å²) in [5, 5.41) is 0. The molecule has 4 rings (SSSR count). The molecule has 3 aromatic rings. The lowest BCUT2D eigenvalue weighted by Gasteiger charge is -2.23. The predicted octanol–water partition coefficient (Wildman–Crippen LogP) is 4.16. The molecule has 2 amide bonds. The number of likely N-dealkylation sites (tertiary alicyclic amines) is 1. The largest absolute Gasteiger partial charge is 0.337 e. The van der Waals surface area contributed by atoms with E-state index in [-0.39, 0.29) is 11.8 Å². The van der Waals surface area contributed by atoms with Gasteiger partial charge in [0.25, 0.3) is 11.8 Å². The Morgan fingerprint density at radius 1 is 0.897 bits per heavy atom. The maximum Gasteiger partial charge on any atom is 0.272 e. The maximum atomic E-state index is 13.4. The van der Waals surface area contributed by atoms with Crippen LogP contribution in [0.25, 0.3) is 0 Å². The minimum Gasteiger partial charge on any atom is -0.337 e. The van der Waals surface area contributed by atoms with Crippen molar-refractivity contribution in [2.45, 2.75) is 19.4 Å². The number of hydrogen-bond acceptors (Lipinski definition) is 3. The van der Waals surface area contributed by atoms with Crippen molar-refractivity contribution in [3.05, 3.63) is 95.8 Å². The number of pyridine rings is 1. The summed E-state index contributed by atoms with van der Waals surface area (Å²) in [5.41, 5.74) is 2.63. The molecule has 1 fully saturated rings. The molecule has 0 bridgehead atoms. The van der Waals surface area contributed by atoms with Gasteiger partial charge in [-0.3, -0.25) is 14.6 Å². The molecule has 2 aromatic carbocycles. The van der Waals surface area contributed by atoms with Crippen LogP contribution in [0, 0.1) is 0 Å². The zero-order chi connectivity index (χ0) is 20.1. The van der Waals surface area contributed by atoms with Crippen LogP contribution in [0.2, 0.25) is 0 Å². The van der Waals surface area contributed by atoms with Crippen molar-refractivity contribution < 1.29 is 9.59 Å². The lowest BCUT2D eigenvalue weighted by Crippen LogP contribution is -2.31. The summed E-state index contributed by atoms with van der Waals surface area (Å²) in [6.07, 6.45) is 3.58. The quantitative estimate of drug-likeness (QED) is 0.663. The van der Waals surface area contributed by atoms with Gasteiger partial charge in [-0.2, -0.15) is 0 Å². The van der Waals surface area contributed by atoms with Gasteiger partial charge in [0.15, 0.2) is 0 Å². The highest BCUT2D eigenvalue weighted by atomic mass is 16.2. The van der Waals surface area contributed by atoms with Gasteiger partial charge >= 0.3 is 0 Å². The van der Waals surface area contributed by atoms with E-state index in [2.05, 4.69) is 4.98 Å². The van der Waals surface area contributed by atoms with Crippen LogP contribution in [0.15, 0.2) is 79.0 Å². The Bertz CT molecular complexity index is 983. The van der Waals surface area contributed by atoms with Crippen molar-refractivity contribution >= 4 is 17.5 Å². The Hall–Kier alpha value is -3.47. The fraction of sp³-hybridized carbons (Fsp3) is 0.208. The lowest BCUT2D eigenvalue weighted by atomic mass is 10.1. The fourth-order valence-electron chi connectivity index (χ4n) is 3.57. The Labute approximate surface area is 170 Å². The van der Waals surface area contributed by atoms with Crippen LogP contribution in [0.1, 0.15) is 39.3 Å². The molecule has 1 aromatic heterocycles. The summed E-state index contributed by atoms with van der Waals surface area (Å²) in [5.74, 6) is -0.260. The van der Waals surface area contributed by atoms with Gasteiger partial charge < -0.3 is 9.80 Å². The Kier molecular flexibility index (Phi) is 5.66. The van der Waals surface area contributed by atoms with Crippen molar-refractivity contribution in [1.82, 2.24) is 9.88 Å². The van der Waals surface area contributed by atoms with E-state index in [4.69, 9.17) is 0 Å². The second-order valence-corrected chi connectivity index (χ2v) is 7.14. The van der Waals surface area contributed by atoms with Crippen LogP contribution < -0.4 is 4.90 Å². The third-order valence-corrected chi connectivity index (χ3v) is 5.12. The van der Waals surface area contributed by atoms with Crippen LogP contribution >= 0.6 is 0 Å². The van der Waals surface area contributed by atoms with Crippen LogP contribution in [-0.4, -0.2) is 34.8 Å². The number of aromatic nitrogens is 1. The van der Waals surface area contributed by atoms with Crippen LogP contribution in [0.5, 0.6) is 0 Å². The lowest BCUT2D eigenvalue weighted by molar-refractivity contribution is 0.0787. The first-order valence-corrected chi connectivity index (χ1v) is 9.88. The van der Waals surface area contributed by atoms with E-state index in [0.29, 0.717) is 17.8 Å². The van der Waals surface area contributed by atoms with Crippen molar-refractivity contribution in [3.63, 3.8) is 0 Å². The number of amides is 2. The number of carbonyl (C=O) groups excluding carboxylic acids is 2. The Balaban J connectivity index is 1.63. The number of benzene rings is 2. The van der Waals surface area contributed by atoms with Crippen molar-refractivity contribution in [3.8, 4) is 0 Å². The van der Waals surface area contributed by atoms with E-state index in [1.54, 1.807) is 28.1 Å². The standard InChI is InChI=1S/C24H23N3O2/c28-23(20-13-14-25-22(17-20)24(29)26-15-7-8-16-26)27(21-11-5-2-6-12-21)18-19-9-3-1-4-10-19/h1-6,9-14,17H,7-8,15-16,18H2. The second kappa shape index (κ2) is 8.69. The molecular formula is C24H23N3O2. The van der Waals surface area contributed by atoms with Gasteiger partial charge in [0.05, 0.1) is 6.54 Å². The van der Waals surface area contributed by atoms with Gasteiger partial charge in [0.2, 0.25) is 0 Å². The third-order valence-electron chi connectivity index (χ3n) is 5.12. The number of anilines is 1. The Morgan fingerprint density at radius 3 is 2.24 bits per heavy atom. The first-order valence-electron chi connectivity index (χ1n) is 9.88. The van der Waals surface area contributed by atoms with Crippen LogP contribution in [0.4, 0.5) is 5.69 Å². The molecule has 0 radical (unpaired) electrons. The summed E-state index contributed by atoms with van der Waals surface area (Å²) in [6, 6.07) is 22.7. The number of rotatable bonds is 5. The zero-order valence-corrected chi connectivity index (χ0v) is 16.2. The molecule has 29 heavy (non-hydrogen) atoms. The molecule has 5 nitrogen and oxygen atoms in total. The number of carbonyl (C=O) groups is 2. The maximum absolute atomic E-state index is 13.4. The normalized spacial score (nSPS) is 13.3. The van der Waals surface area contributed by atoms with Gasteiger partial charge in [-0.25, -0.2) is 0 Å². The molecule has 0 N–H and O–H groups in total. The highest BCUT2D eigenvalue weighted by molar-refractivity contribution is 6.07. The zero-order valence-electron chi connectivity index (χ0n) is 16.2. The van der Waals surface area contributed by atoms with Crippen molar-refractivity contribution in [1.29, 1.82) is 0 Å². The number of hydrogen-bond donors (Lipinski definition) is 0. The summed E-state index contributed by atoms with van der Waals surface area (Å²) in [6.45, 7) is 1.95. The van der Waals surface area contributed by atoms with Crippen LogP contribution in [-0.2, 0) is 6.54 Å². The monoisotopic (exact) mass is 385 g/mol. The highest BCUT2D eigenvalue weighted by Crippen LogP contribution is 2.21. The summed E-state index contributed by atoms with van der Waals surface area (Å²) < 4.78 is 0. The SMILES string of the molecule is O=C(c1cc(C(=O)N(Cc2ccccc2)c2ccccc2)ccn1)N1CCCC1. The van der Waals surface area contributed by atoms with Gasteiger partial charge in [-0.15, -0.1) is 0 Å². The summed E-state index contributed by atoms with van der Waals surface area (Å²) >= 11 is 0. The molecular weight excluding hydrogens is 362 g/mol. The molecule has 2 heterocycles. The molecule has 0 unspecified atom stereocenters.